The summed E-state index contributed by atoms with van der Waals surface area (Å²) in [4.78, 5) is 11.3. The van der Waals surface area contributed by atoms with Crippen molar-refractivity contribution in [3.63, 3.8) is 0 Å². The number of aryl methyl sites for hydroxylation is 1. The minimum atomic E-state index is -0.494. The molecule has 23 heavy (non-hydrogen) atoms. The van der Waals surface area contributed by atoms with Gasteiger partial charge in [-0.05, 0) is 48.3 Å². The number of methoxy groups -OCH3 is 1. The summed E-state index contributed by atoms with van der Waals surface area (Å²) in [6.07, 6.45) is -0.494. The third-order valence-electron chi connectivity index (χ3n) is 3.37. The van der Waals surface area contributed by atoms with Gasteiger partial charge in [-0.15, -0.1) is 5.10 Å². The van der Waals surface area contributed by atoms with Crippen molar-refractivity contribution in [2.45, 2.75) is 13.5 Å². The first-order valence-corrected chi connectivity index (χ1v) is 7.73. The standard InChI is InChI=1S/C16H15N3O3S/c1-10-8-12(6-7-13(10)17-16(20)21-2)22-9-11-4-3-5-14-15(11)23-19-18-14/h3-8H,9H2,1-2H3,(H,17,20). The second kappa shape index (κ2) is 6.62. The monoisotopic (exact) mass is 329 g/mol. The van der Waals surface area contributed by atoms with Gasteiger partial charge in [0, 0.05) is 11.3 Å². The Morgan fingerprint density at radius 3 is 2.96 bits per heavy atom. The SMILES string of the molecule is COC(=O)Nc1ccc(OCc2cccc3nnsc23)cc1C. The van der Waals surface area contributed by atoms with Crippen LogP contribution in [0, 0.1) is 6.92 Å². The highest BCUT2D eigenvalue weighted by atomic mass is 32.1. The molecule has 2 aromatic carbocycles. The fourth-order valence-corrected chi connectivity index (χ4v) is 2.82. The topological polar surface area (TPSA) is 73.3 Å². The Morgan fingerprint density at radius 1 is 1.30 bits per heavy atom. The number of anilines is 1. The van der Waals surface area contributed by atoms with E-state index in [1.807, 2.05) is 37.3 Å². The van der Waals surface area contributed by atoms with Crippen LogP contribution in [0.3, 0.4) is 0 Å². The lowest BCUT2D eigenvalue weighted by atomic mass is 10.2. The number of fused-ring (bicyclic) bond motifs is 1. The second-order valence-corrected chi connectivity index (χ2v) is 5.67. The number of benzene rings is 2. The van der Waals surface area contributed by atoms with Crippen molar-refractivity contribution in [3.8, 4) is 5.75 Å². The quantitative estimate of drug-likeness (QED) is 0.789. The molecule has 1 aromatic heterocycles. The number of ether oxygens (including phenoxy) is 2. The summed E-state index contributed by atoms with van der Waals surface area (Å²) in [5.41, 5.74) is 3.51. The van der Waals surface area contributed by atoms with Crippen molar-refractivity contribution in [2.75, 3.05) is 12.4 Å². The molecule has 7 heteroatoms. The van der Waals surface area contributed by atoms with Gasteiger partial charge in [-0.3, -0.25) is 5.32 Å². The Morgan fingerprint density at radius 2 is 2.17 bits per heavy atom. The Bertz CT molecular complexity index is 847. The predicted molar refractivity (Wildman–Crippen MR) is 89.0 cm³/mol. The van der Waals surface area contributed by atoms with Crippen LogP contribution < -0.4 is 10.1 Å². The maximum Gasteiger partial charge on any atom is 0.411 e. The predicted octanol–water partition coefficient (Wildman–Crippen LogP) is 3.76. The van der Waals surface area contributed by atoms with Gasteiger partial charge in [0.25, 0.3) is 0 Å². The molecule has 1 N–H and O–H groups in total. The van der Waals surface area contributed by atoms with Crippen LogP contribution >= 0.6 is 11.5 Å². The molecule has 3 rings (SSSR count). The maximum atomic E-state index is 11.3. The first-order valence-electron chi connectivity index (χ1n) is 6.96. The van der Waals surface area contributed by atoms with Crippen molar-refractivity contribution in [1.29, 1.82) is 0 Å². The summed E-state index contributed by atoms with van der Waals surface area (Å²) in [5, 5.41) is 6.71. The molecule has 3 aromatic rings. The fraction of sp³-hybridized carbons (Fsp3) is 0.188. The maximum absolute atomic E-state index is 11.3. The summed E-state index contributed by atoms with van der Waals surface area (Å²) in [6.45, 7) is 2.33. The van der Waals surface area contributed by atoms with E-state index in [2.05, 4.69) is 19.6 Å². The van der Waals surface area contributed by atoms with Crippen LogP contribution in [0.1, 0.15) is 11.1 Å². The van der Waals surface area contributed by atoms with E-state index in [0.29, 0.717) is 12.3 Å². The molecule has 6 nitrogen and oxygen atoms in total. The molecule has 0 aliphatic heterocycles. The third kappa shape index (κ3) is 3.40. The fourth-order valence-electron chi connectivity index (χ4n) is 2.16. The summed E-state index contributed by atoms with van der Waals surface area (Å²) in [5.74, 6) is 0.729. The molecule has 0 atom stereocenters. The summed E-state index contributed by atoms with van der Waals surface area (Å²) < 4.78 is 15.4. The van der Waals surface area contributed by atoms with Gasteiger partial charge in [0.1, 0.15) is 17.9 Å². The van der Waals surface area contributed by atoms with Gasteiger partial charge in [0.15, 0.2) is 0 Å². The van der Waals surface area contributed by atoms with Crippen LogP contribution in [0.15, 0.2) is 36.4 Å². The molecule has 0 bridgehead atoms. The molecule has 0 saturated heterocycles. The van der Waals surface area contributed by atoms with Crippen LogP contribution in [-0.2, 0) is 11.3 Å². The molecule has 1 heterocycles. The Hall–Kier alpha value is -2.67. The van der Waals surface area contributed by atoms with E-state index in [4.69, 9.17) is 4.74 Å². The largest absolute Gasteiger partial charge is 0.489 e. The number of carbonyl (C=O) groups is 1. The number of nitrogens with one attached hydrogen (secondary N) is 1. The molecule has 0 saturated carbocycles. The van der Waals surface area contributed by atoms with Gasteiger partial charge in [-0.1, -0.05) is 16.6 Å². The lowest BCUT2D eigenvalue weighted by molar-refractivity contribution is 0.187. The number of nitrogens with zero attached hydrogens (tertiary/aromatic N) is 2. The van der Waals surface area contributed by atoms with E-state index in [0.717, 1.165) is 27.1 Å². The molecule has 1 amide bonds. The third-order valence-corrected chi connectivity index (χ3v) is 4.19. The van der Waals surface area contributed by atoms with Crippen molar-refractivity contribution < 1.29 is 14.3 Å². The average molecular weight is 329 g/mol. The van der Waals surface area contributed by atoms with Gasteiger partial charge in [0.2, 0.25) is 0 Å². The van der Waals surface area contributed by atoms with Gasteiger partial charge in [0.05, 0.1) is 11.8 Å². The van der Waals surface area contributed by atoms with Crippen LogP contribution in [-0.4, -0.2) is 22.8 Å². The van der Waals surface area contributed by atoms with Gasteiger partial charge in [-0.25, -0.2) is 4.79 Å². The highest BCUT2D eigenvalue weighted by Gasteiger charge is 2.08. The average Bonchev–Trinajstić information content (AvgIpc) is 3.04. The van der Waals surface area contributed by atoms with E-state index >= 15 is 0 Å². The molecule has 0 aliphatic rings. The first-order chi connectivity index (χ1) is 11.2. The van der Waals surface area contributed by atoms with Crippen LogP contribution in [0.5, 0.6) is 5.75 Å². The van der Waals surface area contributed by atoms with Crippen LogP contribution in [0.4, 0.5) is 10.5 Å². The van der Waals surface area contributed by atoms with Crippen molar-refractivity contribution in [2.24, 2.45) is 0 Å². The van der Waals surface area contributed by atoms with E-state index in [1.165, 1.54) is 18.6 Å². The van der Waals surface area contributed by atoms with E-state index in [9.17, 15) is 4.79 Å². The minimum Gasteiger partial charge on any atom is -0.489 e. The van der Waals surface area contributed by atoms with E-state index in [-0.39, 0.29) is 0 Å². The summed E-state index contributed by atoms with van der Waals surface area (Å²) in [7, 11) is 1.33. The zero-order chi connectivity index (χ0) is 16.2. The van der Waals surface area contributed by atoms with Crippen molar-refractivity contribution in [3.05, 3.63) is 47.5 Å². The second-order valence-electron chi connectivity index (χ2n) is 4.92. The molecule has 0 fully saturated rings. The Labute approximate surface area is 137 Å². The molecule has 0 radical (unpaired) electrons. The number of hydrogen-bond acceptors (Lipinski definition) is 6. The first kappa shape index (κ1) is 15.2. The molecular weight excluding hydrogens is 314 g/mol. The number of hydrogen-bond donors (Lipinski definition) is 1. The van der Waals surface area contributed by atoms with Gasteiger partial charge < -0.3 is 9.47 Å². The highest BCUT2D eigenvalue weighted by Crippen LogP contribution is 2.25. The Balaban J connectivity index is 1.72. The van der Waals surface area contributed by atoms with Gasteiger partial charge in [-0.2, -0.15) is 0 Å². The van der Waals surface area contributed by atoms with Crippen LogP contribution in [0.2, 0.25) is 0 Å². The van der Waals surface area contributed by atoms with Gasteiger partial charge >= 0.3 is 6.09 Å². The molecular formula is C16H15N3O3S. The molecule has 118 valence electrons. The van der Waals surface area contributed by atoms with E-state index in [1.54, 1.807) is 6.07 Å². The minimum absolute atomic E-state index is 0.435. The zero-order valence-corrected chi connectivity index (χ0v) is 13.5. The highest BCUT2D eigenvalue weighted by molar-refractivity contribution is 7.13. The lowest BCUT2D eigenvalue weighted by Crippen LogP contribution is -2.11. The molecule has 0 unspecified atom stereocenters. The van der Waals surface area contributed by atoms with Crippen LogP contribution in [0.25, 0.3) is 10.2 Å². The number of aromatic nitrogens is 2. The molecule has 0 spiro atoms. The van der Waals surface area contributed by atoms with E-state index < -0.39 is 6.09 Å². The summed E-state index contributed by atoms with van der Waals surface area (Å²) >= 11 is 1.36. The normalized spacial score (nSPS) is 10.5. The zero-order valence-electron chi connectivity index (χ0n) is 12.7. The van der Waals surface area contributed by atoms with Crippen molar-refractivity contribution >= 4 is 33.5 Å². The number of rotatable bonds is 4. The Kier molecular flexibility index (Phi) is 4.38. The summed E-state index contributed by atoms with van der Waals surface area (Å²) in [6, 6.07) is 11.3. The van der Waals surface area contributed by atoms with Crippen molar-refractivity contribution in [1.82, 2.24) is 9.59 Å². The smallest absolute Gasteiger partial charge is 0.411 e. The lowest BCUT2D eigenvalue weighted by Gasteiger charge is -2.11. The number of carbonyl (C=O) groups excluding carboxylic acids is 1. The molecule has 0 aliphatic carbocycles. The number of amides is 1.